The van der Waals surface area contributed by atoms with Gasteiger partial charge in [-0.25, -0.2) is 8.42 Å². The molecule has 0 spiro atoms. The first-order valence-electron chi connectivity index (χ1n) is 7.38. The molecule has 1 amide bonds. The van der Waals surface area contributed by atoms with Crippen molar-refractivity contribution in [1.29, 1.82) is 0 Å². The van der Waals surface area contributed by atoms with Gasteiger partial charge in [-0.05, 0) is 49.7 Å². The third-order valence-electron chi connectivity index (χ3n) is 3.77. The van der Waals surface area contributed by atoms with Gasteiger partial charge in [-0.2, -0.15) is 13.2 Å². The van der Waals surface area contributed by atoms with Gasteiger partial charge in [0.2, 0.25) is 15.4 Å². The van der Waals surface area contributed by atoms with Gasteiger partial charge < -0.3 is 10.4 Å². The second-order valence-corrected chi connectivity index (χ2v) is 7.74. The van der Waals surface area contributed by atoms with Crippen molar-refractivity contribution in [3.8, 4) is 0 Å². The Kier molecular flexibility index (Phi) is 5.16. The van der Waals surface area contributed by atoms with E-state index >= 15 is 0 Å². The van der Waals surface area contributed by atoms with E-state index in [1.807, 2.05) is 5.32 Å². The Morgan fingerprint density at radius 3 is 2.15 bits per heavy atom. The third-order valence-corrected chi connectivity index (χ3v) is 5.70. The maximum atomic E-state index is 12.7. The van der Waals surface area contributed by atoms with E-state index in [0.717, 1.165) is 6.07 Å². The molecule has 1 unspecified atom stereocenters. The number of carbonyl (C=O) groups is 1. The van der Waals surface area contributed by atoms with Gasteiger partial charge >= 0.3 is 6.18 Å². The van der Waals surface area contributed by atoms with Crippen molar-refractivity contribution in [3.63, 3.8) is 0 Å². The largest absolute Gasteiger partial charge is 0.426 e. The van der Waals surface area contributed by atoms with Crippen LogP contribution < -0.4 is 5.32 Å². The molecule has 2 aromatic carbocycles. The number of aryl methyl sites for hydroxylation is 1. The summed E-state index contributed by atoms with van der Waals surface area (Å²) >= 11 is 0. The summed E-state index contributed by atoms with van der Waals surface area (Å²) in [6.07, 6.45) is -5.15. The van der Waals surface area contributed by atoms with Gasteiger partial charge in [0.1, 0.15) is 0 Å². The Morgan fingerprint density at radius 1 is 1.08 bits per heavy atom. The number of alkyl halides is 3. The minimum atomic E-state index is -5.15. The third kappa shape index (κ3) is 3.73. The molecule has 0 saturated carbocycles. The molecule has 0 fully saturated rings. The second kappa shape index (κ2) is 6.73. The van der Waals surface area contributed by atoms with Crippen LogP contribution in [0.15, 0.2) is 58.3 Å². The van der Waals surface area contributed by atoms with E-state index in [1.54, 1.807) is 18.2 Å². The predicted molar refractivity (Wildman–Crippen MR) is 88.4 cm³/mol. The molecule has 0 heterocycles. The summed E-state index contributed by atoms with van der Waals surface area (Å²) in [7, 11) is -3.81. The first-order valence-corrected chi connectivity index (χ1v) is 8.87. The van der Waals surface area contributed by atoms with E-state index in [4.69, 9.17) is 0 Å². The normalized spacial score (nSPS) is 14.5. The number of sulfone groups is 1. The van der Waals surface area contributed by atoms with Crippen LogP contribution in [-0.2, 0) is 14.6 Å². The van der Waals surface area contributed by atoms with E-state index in [1.165, 1.54) is 31.2 Å². The highest BCUT2D eigenvalue weighted by Crippen LogP contribution is 2.32. The minimum absolute atomic E-state index is 0.0377. The van der Waals surface area contributed by atoms with Gasteiger partial charge in [-0.3, -0.25) is 4.79 Å². The van der Waals surface area contributed by atoms with E-state index in [0.29, 0.717) is 6.92 Å². The Morgan fingerprint density at radius 2 is 1.65 bits per heavy atom. The molecule has 2 aromatic rings. The maximum absolute atomic E-state index is 12.7. The predicted octanol–water partition coefficient (Wildman–Crippen LogP) is 3.08. The SMILES string of the molecule is Cc1cc(NC(=O)C(C)(O)C(F)(F)F)ccc1S(=O)(=O)c1ccccc1. The van der Waals surface area contributed by atoms with Crippen LogP contribution in [0, 0.1) is 6.92 Å². The fourth-order valence-corrected chi connectivity index (χ4v) is 3.64. The number of aliphatic hydroxyl groups is 1. The summed E-state index contributed by atoms with van der Waals surface area (Å²) in [4.78, 5) is 11.7. The minimum Gasteiger partial charge on any atom is -0.373 e. The van der Waals surface area contributed by atoms with Crippen molar-refractivity contribution in [2.24, 2.45) is 0 Å². The van der Waals surface area contributed by atoms with Crippen LogP contribution in [0.25, 0.3) is 0 Å². The number of carbonyl (C=O) groups excluding carboxylic acids is 1. The fourth-order valence-electron chi connectivity index (χ4n) is 2.14. The maximum Gasteiger partial charge on any atom is 0.426 e. The van der Waals surface area contributed by atoms with Gasteiger partial charge in [0.15, 0.2) is 0 Å². The van der Waals surface area contributed by atoms with E-state index in [-0.39, 0.29) is 21.0 Å². The van der Waals surface area contributed by atoms with Crippen molar-refractivity contribution >= 4 is 21.4 Å². The zero-order chi connectivity index (χ0) is 19.8. The second-order valence-electron chi connectivity index (χ2n) is 5.82. The Hall–Kier alpha value is -2.39. The van der Waals surface area contributed by atoms with Crippen LogP contribution >= 0.6 is 0 Å². The zero-order valence-corrected chi connectivity index (χ0v) is 14.6. The van der Waals surface area contributed by atoms with Crippen molar-refractivity contribution < 1.29 is 31.5 Å². The smallest absolute Gasteiger partial charge is 0.373 e. The molecule has 26 heavy (non-hydrogen) atoms. The molecule has 0 aromatic heterocycles. The molecule has 0 radical (unpaired) electrons. The summed E-state index contributed by atoms with van der Waals surface area (Å²) in [6, 6.07) is 11.2. The molecule has 0 bridgehead atoms. The molecule has 140 valence electrons. The lowest BCUT2D eigenvalue weighted by atomic mass is 10.1. The average Bonchev–Trinajstić information content (AvgIpc) is 2.54. The Bertz CT molecular complexity index is 923. The number of hydrogen-bond donors (Lipinski definition) is 2. The average molecular weight is 387 g/mol. The van der Waals surface area contributed by atoms with E-state index < -0.39 is 27.5 Å². The molecule has 2 rings (SSSR count). The monoisotopic (exact) mass is 387 g/mol. The fraction of sp³-hybridized carbons (Fsp3) is 0.235. The molecule has 0 aliphatic heterocycles. The molecular weight excluding hydrogens is 371 g/mol. The van der Waals surface area contributed by atoms with Crippen LogP contribution in [0.3, 0.4) is 0 Å². The van der Waals surface area contributed by atoms with Gasteiger partial charge in [0.25, 0.3) is 5.91 Å². The lowest BCUT2D eigenvalue weighted by molar-refractivity contribution is -0.242. The van der Waals surface area contributed by atoms with Crippen LogP contribution in [0.2, 0.25) is 0 Å². The number of nitrogens with one attached hydrogen (secondary N) is 1. The molecule has 2 N–H and O–H groups in total. The van der Waals surface area contributed by atoms with Gasteiger partial charge in [-0.15, -0.1) is 0 Å². The standard InChI is InChI=1S/C17H16F3NO4S/c1-11-10-12(21-15(22)16(2,23)17(18,19)20)8-9-14(11)26(24,25)13-6-4-3-5-7-13/h3-10,23H,1-2H3,(H,21,22). The molecule has 0 aliphatic rings. The van der Waals surface area contributed by atoms with Crippen LogP contribution in [0.4, 0.5) is 18.9 Å². The first-order chi connectivity index (χ1) is 11.9. The van der Waals surface area contributed by atoms with Crippen molar-refractivity contribution in [2.75, 3.05) is 5.32 Å². The summed E-state index contributed by atoms with van der Waals surface area (Å²) in [5.74, 6) is -1.66. The molecular formula is C17H16F3NO4S. The highest BCUT2D eigenvalue weighted by atomic mass is 32.2. The van der Waals surface area contributed by atoms with Crippen molar-refractivity contribution in [3.05, 3.63) is 54.1 Å². The highest BCUT2D eigenvalue weighted by Gasteiger charge is 2.55. The summed E-state index contributed by atoms with van der Waals surface area (Å²) < 4.78 is 63.3. The number of amides is 1. The summed E-state index contributed by atoms with van der Waals surface area (Å²) in [5, 5.41) is 11.3. The summed E-state index contributed by atoms with van der Waals surface area (Å²) in [6.45, 7) is 1.79. The lowest BCUT2D eigenvalue weighted by Gasteiger charge is -2.25. The van der Waals surface area contributed by atoms with E-state index in [2.05, 4.69) is 0 Å². The van der Waals surface area contributed by atoms with Crippen molar-refractivity contribution in [1.82, 2.24) is 0 Å². The molecule has 1 atom stereocenters. The molecule has 9 heteroatoms. The van der Waals surface area contributed by atoms with Gasteiger partial charge in [-0.1, -0.05) is 18.2 Å². The number of anilines is 1. The number of halogens is 3. The molecule has 0 saturated heterocycles. The first kappa shape index (κ1) is 19.9. The highest BCUT2D eigenvalue weighted by molar-refractivity contribution is 7.91. The van der Waals surface area contributed by atoms with E-state index in [9.17, 15) is 31.5 Å². The number of rotatable bonds is 4. The zero-order valence-electron chi connectivity index (χ0n) is 13.8. The number of benzene rings is 2. The van der Waals surface area contributed by atoms with Gasteiger partial charge in [0, 0.05) is 5.69 Å². The van der Waals surface area contributed by atoms with Crippen LogP contribution in [0.5, 0.6) is 0 Å². The molecule has 0 aliphatic carbocycles. The quantitative estimate of drug-likeness (QED) is 0.845. The summed E-state index contributed by atoms with van der Waals surface area (Å²) in [5.41, 5.74) is -3.40. The van der Waals surface area contributed by atoms with Gasteiger partial charge in [0.05, 0.1) is 9.79 Å². The van der Waals surface area contributed by atoms with Crippen LogP contribution in [-0.4, -0.2) is 31.2 Å². The topological polar surface area (TPSA) is 83.5 Å². The Balaban J connectivity index is 2.33. The Labute approximate surface area is 148 Å². The molecule has 5 nitrogen and oxygen atoms in total. The number of hydrogen-bond acceptors (Lipinski definition) is 4. The van der Waals surface area contributed by atoms with Crippen molar-refractivity contribution in [2.45, 2.75) is 35.4 Å². The van der Waals surface area contributed by atoms with Crippen LogP contribution in [0.1, 0.15) is 12.5 Å². The lowest BCUT2D eigenvalue weighted by Crippen LogP contribution is -2.52.